The van der Waals surface area contributed by atoms with Crippen LogP contribution in [0, 0.1) is 11.6 Å². The van der Waals surface area contributed by atoms with Gasteiger partial charge in [-0.25, -0.2) is 8.78 Å². The van der Waals surface area contributed by atoms with Gasteiger partial charge in [-0.1, -0.05) is 30.7 Å². The predicted molar refractivity (Wildman–Crippen MR) is 104 cm³/mol. The third kappa shape index (κ3) is 6.33. The molecule has 1 N–H and O–H groups in total. The molecule has 3 nitrogen and oxygen atoms in total. The Balaban J connectivity index is 1.42. The third-order valence-electron chi connectivity index (χ3n) is 4.62. The zero-order chi connectivity index (χ0) is 19.1. The van der Waals surface area contributed by atoms with Crippen LogP contribution in [0.1, 0.15) is 30.4 Å². The molecular weight excluding hydrogens is 366 g/mol. The van der Waals surface area contributed by atoms with E-state index in [1.165, 1.54) is 37.9 Å². The number of hydrogen-bond donors (Lipinski definition) is 1. The molecule has 0 unspecified atom stereocenters. The van der Waals surface area contributed by atoms with Crippen molar-refractivity contribution in [3.05, 3.63) is 65.2 Å². The van der Waals surface area contributed by atoms with Crippen LogP contribution < -0.4 is 5.32 Å². The normalized spacial score (nSPS) is 14.9. The van der Waals surface area contributed by atoms with Gasteiger partial charge in [-0.15, -0.1) is 11.8 Å². The summed E-state index contributed by atoms with van der Waals surface area (Å²) < 4.78 is 26.7. The number of nitrogens with zero attached hydrogens (tertiary/aromatic N) is 1. The molecule has 27 heavy (non-hydrogen) atoms. The molecule has 6 heteroatoms. The summed E-state index contributed by atoms with van der Waals surface area (Å²) in [7, 11) is 0. The summed E-state index contributed by atoms with van der Waals surface area (Å²) in [5.74, 6) is -1.18. The van der Waals surface area contributed by atoms with Gasteiger partial charge in [0.05, 0.1) is 5.75 Å². The largest absolute Gasteiger partial charge is 0.351 e. The lowest BCUT2D eigenvalue weighted by molar-refractivity contribution is -0.118. The Hall–Kier alpha value is -1.92. The maximum absolute atomic E-state index is 13.6. The molecule has 1 aliphatic rings. The minimum atomic E-state index is -0.515. The van der Waals surface area contributed by atoms with E-state index in [2.05, 4.69) is 22.3 Å². The highest BCUT2D eigenvalue weighted by Gasteiger charge is 2.11. The Morgan fingerprint density at radius 1 is 1.00 bits per heavy atom. The summed E-state index contributed by atoms with van der Waals surface area (Å²) in [5.41, 5.74) is 2.30. The number of carbonyl (C=O) groups excluding carboxylic acids is 1. The van der Waals surface area contributed by atoms with Crippen molar-refractivity contribution in [1.82, 2.24) is 10.2 Å². The molecule has 1 amide bonds. The van der Waals surface area contributed by atoms with Crippen LogP contribution in [0.25, 0.3) is 0 Å². The number of hydrogen-bond acceptors (Lipinski definition) is 3. The number of likely N-dealkylation sites (tertiary alicyclic amines) is 1. The lowest BCUT2D eigenvalue weighted by Gasteiger charge is -2.26. The lowest BCUT2D eigenvalue weighted by Crippen LogP contribution is -2.29. The fraction of sp³-hybridized carbons (Fsp3) is 0.381. The van der Waals surface area contributed by atoms with Crippen LogP contribution in [0.4, 0.5) is 8.78 Å². The van der Waals surface area contributed by atoms with Crippen molar-refractivity contribution in [1.29, 1.82) is 0 Å². The van der Waals surface area contributed by atoms with E-state index < -0.39 is 11.6 Å². The fourth-order valence-electron chi connectivity index (χ4n) is 3.12. The van der Waals surface area contributed by atoms with Gasteiger partial charge in [0.1, 0.15) is 11.6 Å². The molecule has 0 aromatic heterocycles. The van der Waals surface area contributed by atoms with Gasteiger partial charge in [-0.3, -0.25) is 9.69 Å². The van der Waals surface area contributed by atoms with Crippen LogP contribution in [0.3, 0.4) is 0 Å². The maximum atomic E-state index is 13.6. The molecule has 0 saturated carbocycles. The summed E-state index contributed by atoms with van der Waals surface area (Å²) in [6, 6.07) is 11.5. The van der Waals surface area contributed by atoms with Crippen LogP contribution in [-0.2, 0) is 17.9 Å². The molecule has 0 bridgehead atoms. The maximum Gasteiger partial charge on any atom is 0.230 e. The van der Waals surface area contributed by atoms with E-state index in [9.17, 15) is 13.6 Å². The Bertz CT molecular complexity index is 761. The Labute approximate surface area is 163 Å². The first-order valence-electron chi connectivity index (χ1n) is 9.25. The predicted octanol–water partition coefficient (Wildman–Crippen LogP) is 4.36. The van der Waals surface area contributed by atoms with Gasteiger partial charge >= 0.3 is 0 Å². The van der Waals surface area contributed by atoms with Crippen molar-refractivity contribution >= 4 is 17.7 Å². The van der Waals surface area contributed by atoms with Crippen molar-refractivity contribution < 1.29 is 13.6 Å². The second-order valence-corrected chi connectivity index (χ2v) is 7.81. The van der Waals surface area contributed by atoms with E-state index in [1.54, 1.807) is 0 Å². The van der Waals surface area contributed by atoms with Crippen LogP contribution in [0.15, 0.2) is 47.4 Å². The number of carbonyl (C=O) groups is 1. The summed E-state index contributed by atoms with van der Waals surface area (Å²) >= 11 is 0.994. The zero-order valence-electron chi connectivity index (χ0n) is 15.2. The summed E-state index contributed by atoms with van der Waals surface area (Å²) in [5, 5.41) is 2.82. The minimum Gasteiger partial charge on any atom is -0.351 e. The average Bonchev–Trinajstić information content (AvgIpc) is 2.69. The molecule has 0 atom stereocenters. The first kappa shape index (κ1) is 19.8. The molecule has 2 aromatic rings. The SMILES string of the molecule is O=C(CSc1cc(F)ccc1F)NCc1ccc(CN2CCCCC2)cc1. The second kappa shape index (κ2) is 9.85. The molecule has 1 heterocycles. The van der Waals surface area contributed by atoms with E-state index in [1.807, 2.05) is 12.1 Å². The van der Waals surface area contributed by atoms with E-state index in [4.69, 9.17) is 0 Å². The minimum absolute atomic E-state index is 0.0490. The Morgan fingerprint density at radius 3 is 2.44 bits per heavy atom. The number of rotatable bonds is 7. The molecule has 1 saturated heterocycles. The Kier molecular flexibility index (Phi) is 7.24. The first-order valence-corrected chi connectivity index (χ1v) is 10.2. The smallest absolute Gasteiger partial charge is 0.230 e. The summed E-state index contributed by atoms with van der Waals surface area (Å²) in [6.07, 6.45) is 3.89. The van der Waals surface area contributed by atoms with Crippen LogP contribution in [0.5, 0.6) is 0 Å². The van der Waals surface area contributed by atoms with E-state index in [0.29, 0.717) is 6.54 Å². The van der Waals surface area contributed by atoms with Crippen molar-refractivity contribution in [3.8, 4) is 0 Å². The molecule has 3 rings (SSSR count). The number of halogens is 2. The van der Waals surface area contributed by atoms with Crippen molar-refractivity contribution in [2.24, 2.45) is 0 Å². The topological polar surface area (TPSA) is 32.3 Å². The third-order valence-corrected chi connectivity index (χ3v) is 5.65. The molecule has 0 spiro atoms. The van der Waals surface area contributed by atoms with Crippen molar-refractivity contribution in [2.75, 3.05) is 18.8 Å². The molecule has 1 aliphatic heterocycles. The zero-order valence-corrected chi connectivity index (χ0v) is 16.0. The van der Waals surface area contributed by atoms with Gasteiger partial charge in [0.15, 0.2) is 0 Å². The molecule has 1 fully saturated rings. The number of thioether (sulfide) groups is 1. The van der Waals surface area contributed by atoms with Gasteiger partial charge in [-0.2, -0.15) is 0 Å². The van der Waals surface area contributed by atoms with Crippen LogP contribution in [-0.4, -0.2) is 29.6 Å². The molecule has 0 radical (unpaired) electrons. The second-order valence-electron chi connectivity index (χ2n) is 6.79. The lowest BCUT2D eigenvalue weighted by atomic mass is 10.1. The van der Waals surface area contributed by atoms with Gasteiger partial charge in [0.2, 0.25) is 5.91 Å². The van der Waals surface area contributed by atoms with Crippen molar-refractivity contribution in [3.63, 3.8) is 0 Å². The molecule has 0 aliphatic carbocycles. The number of nitrogens with one attached hydrogen (secondary N) is 1. The summed E-state index contributed by atoms with van der Waals surface area (Å²) in [6.45, 7) is 3.74. The molecular formula is C21H24F2N2OS. The van der Waals surface area contributed by atoms with Crippen LogP contribution in [0.2, 0.25) is 0 Å². The number of benzene rings is 2. The highest BCUT2D eigenvalue weighted by molar-refractivity contribution is 8.00. The van der Waals surface area contributed by atoms with Crippen molar-refractivity contribution in [2.45, 2.75) is 37.2 Å². The number of piperidine rings is 1. The van der Waals surface area contributed by atoms with Gasteiger partial charge in [-0.05, 0) is 55.3 Å². The highest BCUT2D eigenvalue weighted by atomic mass is 32.2. The quantitative estimate of drug-likeness (QED) is 0.713. The van der Waals surface area contributed by atoms with Gasteiger partial charge in [0.25, 0.3) is 0 Å². The van der Waals surface area contributed by atoms with E-state index in [0.717, 1.165) is 42.1 Å². The average molecular weight is 390 g/mol. The highest BCUT2D eigenvalue weighted by Crippen LogP contribution is 2.22. The molecule has 144 valence electrons. The summed E-state index contributed by atoms with van der Waals surface area (Å²) in [4.78, 5) is 14.6. The standard InChI is InChI=1S/C21H24F2N2OS/c22-18-8-9-19(23)20(12-18)27-15-21(26)24-13-16-4-6-17(7-5-16)14-25-10-2-1-3-11-25/h4-9,12H,1-3,10-11,13-15H2,(H,24,26). The Morgan fingerprint density at radius 2 is 1.70 bits per heavy atom. The van der Waals surface area contributed by atoms with E-state index >= 15 is 0 Å². The molecule has 2 aromatic carbocycles. The number of amides is 1. The monoisotopic (exact) mass is 390 g/mol. The van der Waals surface area contributed by atoms with E-state index in [-0.39, 0.29) is 16.6 Å². The first-order chi connectivity index (χ1) is 13.1. The van der Waals surface area contributed by atoms with Crippen LogP contribution >= 0.6 is 11.8 Å². The fourth-order valence-corrected chi connectivity index (χ4v) is 3.91. The van der Waals surface area contributed by atoms with Gasteiger partial charge in [0, 0.05) is 18.0 Å². The van der Waals surface area contributed by atoms with Gasteiger partial charge < -0.3 is 5.32 Å².